The van der Waals surface area contributed by atoms with E-state index < -0.39 is 29.6 Å². The highest BCUT2D eigenvalue weighted by Crippen LogP contribution is 2.18. The van der Waals surface area contributed by atoms with Gasteiger partial charge in [0.05, 0.1) is 5.69 Å². The number of carbonyl (C=O) groups excluding carboxylic acids is 3. The highest BCUT2D eigenvalue weighted by molar-refractivity contribution is 7.14. The summed E-state index contributed by atoms with van der Waals surface area (Å²) in [6.45, 7) is 2.58. The molecule has 2 aromatic rings. The second-order valence-corrected chi connectivity index (χ2v) is 5.74. The fourth-order valence-corrected chi connectivity index (χ4v) is 2.40. The van der Waals surface area contributed by atoms with Crippen LogP contribution in [0, 0.1) is 11.6 Å². The summed E-state index contributed by atoms with van der Waals surface area (Å²) in [5.74, 6) is -3.76. The molecule has 1 heterocycles. The first kappa shape index (κ1) is 18.5. The number of carbonyl (C=O) groups is 3. The number of esters is 1. The molecule has 132 valence electrons. The lowest BCUT2D eigenvalue weighted by molar-refractivity contribution is -0.123. The Bertz CT molecular complexity index is 825. The first-order chi connectivity index (χ1) is 11.8. The van der Waals surface area contributed by atoms with Gasteiger partial charge in [0.15, 0.2) is 16.9 Å². The van der Waals surface area contributed by atoms with Gasteiger partial charge < -0.3 is 15.4 Å². The molecular formula is C15H13F2N3O4S. The second kappa shape index (κ2) is 7.79. The third-order valence-corrected chi connectivity index (χ3v) is 3.60. The van der Waals surface area contributed by atoms with Crippen molar-refractivity contribution in [3.63, 3.8) is 0 Å². The maximum absolute atomic E-state index is 13.5. The Morgan fingerprint density at radius 2 is 1.96 bits per heavy atom. The highest BCUT2D eigenvalue weighted by atomic mass is 32.1. The van der Waals surface area contributed by atoms with Crippen LogP contribution in [0.4, 0.5) is 19.6 Å². The minimum absolute atomic E-state index is 0.0821. The van der Waals surface area contributed by atoms with Crippen LogP contribution >= 0.6 is 11.3 Å². The Balaban J connectivity index is 1.97. The Morgan fingerprint density at radius 1 is 1.24 bits per heavy atom. The average molecular weight is 369 g/mol. The zero-order valence-electron chi connectivity index (χ0n) is 13.1. The molecule has 0 aliphatic heterocycles. The van der Waals surface area contributed by atoms with Crippen molar-refractivity contribution >= 4 is 39.9 Å². The smallest absolute Gasteiger partial charge is 0.358 e. The van der Waals surface area contributed by atoms with Gasteiger partial charge in [0, 0.05) is 18.4 Å². The van der Waals surface area contributed by atoms with E-state index in [1.54, 1.807) is 0 Å². The van der Waals surface area contributed by atoms with Crippen molar-refractivity contribution < 1.29 is 27.9 Å². The van der Waals surface area contributed by atoms with E-state index in [4.69, 9.17) is 4.74 Å². The monoisotopic (exact) mass is 369 g/mol. The topological polar surface area (TPSA) is 97.4 Å². The SMILES string of the molecule is CC(=O)Nc1nc(C(=O)OC(C)C(=O)Nc2ccc(F)cc2F)cs1. The number of rotatable bonds is 5. The molecule has 0 fully saturated rings. The van der Waals surface area contributed by atoms with Crippen molar-refractivity contribution in [1.29, 1.82) is 0 Å². The van der Waals surface area contributed by atoms with E-state index in [1.807, 2.05) is 0 Å². The summed E-state index contributed by atoms with van der Waals surface area (Å²) in [4.78, 5) is 38.6. The summed E-state index contributed by atoms with van der Waals surface area (Å²) >= 11 is 1.02. The molecule has 2 amide bonds. The quantitative estimate of drug-likeness (QED) is 0.790. The summed E-state index contributed by atoms with van der Waals surface area (Å²) in [6.07, 6.45) is -1.25. The van der Waals surface area contributed by atoms with Gasteiger partial charge in [0.2, 0.25) is 5.91 Å². The Morgan fingerprint density at radius 3 is 2.60 bits per heavy atom. The molecule has 0 spiro atoms. The lowest BCUT2D eigenvalue weighted by Crippen LogP contribution is -2.30. The molecule has 0 aliphatic carbocycles. The fourth-order valence-electron chi connectivity index (χ4n) is 1.68. The zero-order valence-corrected chi connectivity index (χ0v) is 13.9. The first-order valence-electron chi connectivity index (χ1n) is 6.96. The van der Waals surface area contributed by atoms with Gasteiger partial charge in [-0.05, 0) is 19.1 Å². The summed E-state index contributed by atoms with van der Waals surface area (Å²) in [5.41, 5.74) is -0.322. The molecule has 2 N–H and O–H groups in total. The third kappa shape index (κ3) is 5.05. The number of benzene rings is 1. The maximum atomic E-state index is 13.5. The van der Waals surface area contributed by atoms with Gasteiger partial charge in [-0.25, -0.2) is 18.6 Å². The minimum Gasteiger partial charge on any atom is -0.448 e. The van der Waals surface area contributed by atoms with E-state index in [0.29, 0.717) is 6.07 Å². The molecule has 1 aromatic heterocycles. The number of hydrogen-bond acceptors (Lipinski definition) is 6. The molecule has 1 atom stereocenters. The zero-order chi connectivity index (χ0) is 18.6. The van der Waals surface area contributed by atoms with Gasteiger partial charge in [-0.3, -0.25) is 9.59 Å². The molecule has 0 aliphatic rings. The lowest BCUT2D eigenvalue weighted by Gasteiger charge is -2.13. The summed E-state index contributed by atoms with van der Waals surface area (Å²) in [7, 11) is 0. The average Bonchev–Trinajstić information content (AvgIpc) is 2.97. The number of nitrogens with zero attached hydrogens (tertiary/aromatic N) is 1. The Labute approximate surface area is 145 Å². The number of halogens is 2. The molecule has 1 aromatic carbocycles. The molecule has 2 rings (SSSR count). The lowest BCUT2D eigenvalue weighted by atomic mass is 10.2. The van der Waals surface area contributed by atoms with E-state index in [2.05, 4.69) is 15.6 Å². The van der Waals surface area contributed by atoms with Gasteiger partial charge >= 0.3 is 5.97 Å². The number of amides is 2. The number of thiazole rings is 1. The van der Waals surface area contributed by atoms with Crippen LogP contribution in [0.3, 0.4) is 0 Å². The van der Waals surface area contributed by atoms with E-state index in [0.717, 1.165) is 23.5 Å². The van der Waals surface area contributed by atoms with Crippen molar-refractivity contribution in [2.24, 2.45) is 0 Å². The molecule has 7 nitrogen and oxygen atoms in total. The minimum atomic E-state index is -1.25. The van der Waals surface area contributed by atoms with Crippen molar-refractivity contribution in [1.82, 2.24) is 4.98 Å². The van der Waals surface area contributed by atoms with E-state index in [9.17, 15) is 23.2 Å². The first-order valence-corrected chi connectivity index (χ1v) is 7.84. The number of nitrogens with one attached hydrogen (secondary N) is 2. The van der Waals surface area contributed by atoms with Crippen LogP contribution in [-0.2, 0) is 14.3 Å². The number of hydrogen-bond donors (Lipinski definition) is 2. The van der Waals surface area contributed by atoms with Gasteiger partial charge in [0.25, 0.3) is 5.91 Å². The maximum Gasteiger partial charge on any atom is 0.358 e. The molecule has 25 heavy (non-hydrogen) atoms. The van der Waals surface area contributed by atoms with Crippen molar-refractivity contribution in [3.8, 4) is 0 Å². The van der Waals surface area contributed by atoms with Crippen LogP contribution in [0.1, 0.15) is 24.3 Å². The van der Waals surface area contributed by atoms with Crippen LogP contribution in [-0.4, -0.2) is 28.9 Å². The molecular weight excluding hydrogens is 356 g/mol. The Hall–Kier alpha value is -2.88. The molecule has 0 saturated heterocycles. The Kier molecular flexibility index (Phi) is 5.75. The van der Waals surface area contributed by atoms with Crippen molar-refractivity contribution in [3.05, 3.63) is 40.9 Å². The highest BCUT2D eigenvalue weighted by Gasteiger charge is 2.22. The van der Waals surface area contributed by atoms with Gasteiger partial charge in [-0.1, -0.05) is 0 Å². The van der Waals surface area contributed by atoms with Crippen LogP contribution in [0.2, 0.25) is 0 Å². The molecule has 0 bridgehead atoms. The number of aromatic nitrogens is 1. The van der Waals surface area contributed by atoms with Gasteiger partial charge in [-0.2, -0.15) is 0 Å². The largest absolute Gasteiger partial charge is 0.448 e. The normalized spacial score (nSPS) is 11.5. The van der Waals surface area contributed by atoms with E-state index in [-0.39, 0.29) is 22.4 Å². The fraction of sp³-hybridized carbons (Fsp3) is 0.200. The predicted molar refractivity (Wildman–Crippen MR) is 86.3 cm³/mol. The standard InChI is InChI=1S/C15H13F2N3O4S/c1-7(13(22)19-11-4-3-9(16)5-10(11)17)24-14(23)12-6-25-15(20-12)18-8(2)21/h3-7H,1-2H3,(H,19,22)(H,18,20,21). The van der Waals surface area contributed by atoms with Crippen molar-refractivity contribution in [2.45, 2.75) is 20.0 Å². The van der Waals surface area contributed by atoms with Crippen LogP contribution in [0.15, 0.2) is 23.6 Å². The second-order valence-electron chi connectivity index (χ2n) is 4.88. The molecule has 1 unspecified atom stereocenters. The molecule has 10 heteroatoms. The van der Waals surface area contributed by atoms with Gasteiger partial charge in [0.1, 0.15) is 11.6 Å². The van der Waals surface area contributed by atoms with E-state index in [1.165, 1.54) is 19.2 Å². The summed E-state index contributed by atoms with van der Waals surface area (Å²) in [6, 6.07) is 2.65. The molecule has 0 saturated carbocycles. The van der Waals surface area contributed by atoms with Gasteiger partial charge in [-0.15, -0.1) is 11.3 Å². The number of anilines is 2. The van der Waals surface area contributed by atoms with Crippen LogP contribution in [0.5, 0.6) is 0 Å². The molecule has 0 radical (unpaired) electrons. The summed E-state index contributed by atoms with van der Waals surface area (Å²) < 4.78 is 31.3. The number of ether oxygens (including phenoxy) is 1. The third-order valence-electron chi connectivity index (χ3n) is 2.84. The summed E-state index contributed by atoms with van der Waals surface area (Å²) in [5, 5.41) is 6.17. The van der Waals surface area contributed by atoms with Crippen LogP contribution in [0.25, 0.3) is 0 Å². The van der Waals surface area contributed by atoms with Crippen LogP contribution < -0.4 is 10.6 Å². The predicted octanol–water partition coefficient (Wildman–Crippen LogP) is 2.56. The van der Waals surface area contributed by atoms with Crippen molar-refractivity contribution in [2.75, 3.05) is 10.6 Å². The van der Waals surface area contributed by atoms with E-state index >= 15 is 0 Å².